The minimum absolute atomic E-state index is 0.330. The van der Waals surface area contributed by atoms with Crippen LogP contribution in [0.4, 0.5) is 4.39 Å². The van der Waals surface area contributed by atoms with E-state index < -0.39 is 0 Å². The Morgan fingerprint density at radius 3 is 2.88 bits per heavy atom. The summed E-state index contributed by atoms with van der Waals surface area (Å²) in [4.78, 5) is 8.09. The Bertz CT molecular complexity index is 535. The maximum atomic E-state index is 13.6. The van der Waals surface area contributed by atoms with Crippen LogP contribution in [0.25, 0.3) is 17.3 Å². The predicted molar refractivity (Wildman–Crippen MR) is 62.3 cm³/mol. The molecule has 2 rings (SSSR count). The van der Waals surface area contributed by atoms with Crippen LogP contribution in [-0.2, 0) is 0 Å². The number of aromatic nitrogens is 2. The Balaban J connectivity index is 2.65. The zero-order valence-corrected chi connectivity index (χ0v) is 8.94. The van der Waals surface area contributed by atoms with Crippen molar-refractivity contribution in [1.82, 2.24) is 9.97 Å². The molecule has 0 bridgehead atoms. The van der Waals surface area contributed by atoms with Crippen molar-refractivity contribution in [2.45, 2.75) is 6.92 Å². The van der Waals surface area contributed by atoms with E-state index in [4.69, 9.17) is 0 Å². The van der Waals surface area contributed by atoms with Crippen LogP contribution in [0.15, 0.2) is 37.3 Å². The maximum Gasteiger partial charge on any atom is 0.149 e. The molecule has 0 saturated carbocycles. The highest BCUT2D eigenvalue weighted by molar-refractivity contribution is 5.68. The summed E-state index contributed by atoms with van der Waals surface area (Å²) >= 11 is 0. The first kappa shape index (κ1) is 10.5. The molecule has 2 heterocycles. The Morgan fingerprint density at radius 2 is 2.19 bits per heavy atom. The zero-order chi connectivity index (χ0) is 11.5. The number of rotatable bonds is 2. The van der Waals surface area contributed by atoms with Crippen molar-refractivity contribution < 1.29 is 4.39 Å². The molecule has 2 aromatic heterocycles. The monoisotopic (exact) mass is 214 g/mol. The van der Waals surface area contributed by atoms with Crippen molar-refractivity contribution in [1.29, 1.82) is 0 Å². The zero-order valence-electron chi connectivity index (χ0n) is 8.94. The number of hydrogen-bond acceptors (Lipinski definition) is 2. The first-order valence-corrected chi connectivity index (χ1v) is 4.92. The molecule has 0 amide bonds. The number of halogens is 1. The molecule has 0 N–H and O–H groups in total. The van der Waals surface area contributed by atoms with E-state index in [1.165, 1.54) is 6.07 Å². The Kier molecular flexibility index (Phi) is 2.77. The van der Waals surface area contributed by atoms with Gasteiger partial charge >= 0.3 is 0 Å². The molecule has 2 aromatic rings. The van der Waals surface area contributed by atoms with Crippen molar-refractivity contribution in [3.63, 3.8) is 0 Å². The molecule has 0 saturated heterocycles. The second-order valence-electron chi connectivity index (χ2n) is 3.44. The van der Waals surface area contributed by atoms with Gasteiger partial charge in [0.05, 0.1) is 0 Å². The SMILES string of the molecule is C=Cc1cncc(-c2ncccc2F)c1C. The molecule has 2 nitrogen and oxygen atoms in total. The van der Waals surface area contributed by atoms with Crippen LogP contribution in [0.5, 0.6) is 0 Å². The lowest BCUT2D eigenvalue weighted by Crippen LogP contribution is -1.94. The first-order chi connectivity index (χ1) is 7.74. The molecule has 0 radical (unpaired) electrons. The summed E-state index contributed by atoms with van der Waals surface area (Å²) in [6.07, 6.45) is 6.59. The van der Waals surface area contributed by atoms with Crippen LogP contribution < -0.4 is 0 Å². The number of pyridine rings is 2. The third-order valence-electron chi connectivity index (χ3n) is 2.49. The summed E-state index contributed by atoms with van der Waals surface area (Å²) in [6.45, 7) is 5.60. The smallest absolute Gasteiger partial charge is 0.149 e. The summed E-state index contributed by atoms with van der Waals surface area (Å²) in [5.41, 5.74) is 2.86. The van der Waals surface area contributed by atoms with E-state index in [0.717, 1.165) is 11.1 Å². The Morgan fingerprint density at radius 1 is 1.38 bits per heavy atom. The van der Waals surface area contributed by atoms with E-state index >= 15 is 0 Å². The quantitative estimate of drug-likeness (QED) is 0.767. The lowest BCUT2D eigenvalue weighted by atomic mass is 10.0. The average molecular weight is 214 g/mol. The predicted octanol–water partition coefficient (Wildman–Crippen LogP) is 3.23. The first-order valence-electron chi connectivity index (χ1n) is 4.92. The summed E-state index contributed by atoms with van der Waals surface area (Å²) in [7, 11) is 0. The summed E-state index contributed by atoms with van der Waals surface area (Å²) < 4.78 is 13.6. The third-order valence-corrected chi connectivity index (χ3v) is 2.49. The van der Waals surface area contributed by atoms with Crippen LogP contribution in [-0.4, -0.2) is 9.97 Å². The van der Waals surface area contributed by atoms with Gasteiger partial charge in [-0.25, -0.2) is 4.39 Å². The Hall–Kier alpha value is -2.03. The van der Waals surface area contributed by atoms with Crippen molar-refractivity contribution in [2.24, 2.45) is 0 Å². The molecule has 16 heavy (non-hydrogen) atoms. The van der Waals surface area contributed by atoms with Crippen LogP contribution in [0.3, 0.4) is 0 Å². The molecule has 0 aromatic carbocycles. The summed E-state index contributed by atoms with van der Waals surface area (Å²) in [5.74, 6) is -0.339. The highest BCUT2D eigenvalue weighted by Gasteiger charge is 2.10. The molecule has 0 aliphatic heterocycles. The van der Waals surface area contributed by atoms with Gasteiger partial charge in [0.15, 0.2) is 0 Å². The van der Waals surface area contributed by atoms with Gasteiger partial charge in [-0.2, -0.15) is 0 Å². The highest BCUT2D eigenvalue weighted by atomic mass is 19.1. The van der Waals surface area contributed by atoms with E-state index in [1.54, 1.807) is 30.7 Å². The van der Waals surface area contributed by atoms with Gasteiger partial charge in [-0.15, -0.1) is 0 Å². The molecule has 0 aliphatic carbocycles. The maximum absolute atomic E-state index is 13.6. The van der Waals surface area contributed by atoms with Gasteiger partial charge < -0.3 is 0 Å². The van der Waals surface area contributed by atoms with E-state index in [2.05, 4.69) is 16.5 Å². The van der Waals surface area contributed by atoms with Crippen molar-refractivity contribution in [2.75, 3.05) is 0 Å². The molecule has 0 fully saturated rings. The standard InChI is InChI=1S/C13H11FN2/c1-3-10-7-15-8-11(9(10)2)13-12(14)5-4-6-16-13/h3-8H,1H2,2H3. The van der Waals surface area contributed by atoms with E-state index in [9.17, 15) is 4.39 Å². The van der Waals surface area contributed by atoms with Crippen molar-refractivity contribution >= 4 is 6.08 Å². The molecular formula is C13H11FN2. The molecule has 0 atom stereocenters. The fourth-order valence-corrected chi connectivity index (χ4v) is 1.57. The summed E-state index contributed by atoms with van der Waals surface area (Å²) in [6, 6.07) is 2.96. The van der Waals surface area contributed by atoms with E-state index in [-0.39, 0.29) is 5.82 Å². The van der Waals surface area contributed by atoms with E-state index in [1.807, 2.05) is 6.92 Å². The molecule has 3 heteroatoms. The van der Waals surface area contributed by atoms with Gasteiger partial charge in [0.25, 0.3) is 0 Å². The van der Waals surface area contributed by atoms with Gasteiger partial charge in [0.2, 0.25) is 0 Å². The molecular weight excluding hydrogens is 203 g/mol. The van der Waals surface area contributed by atoms with Gasteiger partial charge in [-0.1, -0.05) is 12.7 Å². The molecule has 80 valence electrons. The second-order valence-corrected chi connectivity index (χ2v) is 3.44. The second kappa shape index (κ2) is 4.23. The van der Waals surface area contributed by atoms with Crippen LogP contribution in [0.1, 0.15) is 11.1 Å². The Labute approximate surface area is 93.5 Å². The lowest BCUT2D eigenvalue weighted by Gasteiger charge is -2.07. The van der Waals surface area contributed by atoms with Gasteiger partial charge in [-0.3, -0.25) is 9.97 Å². The minimum atomic E-state index is -0.339. The topological polar surface area (TPSA) is 25.8 Å². The van der Waals surface area contributed by atoms with Crippen LogP contribution >= 0.6 is 0 Å². The lowest BCUT2D eigenvalue weighted by molar-refractivity contribution is 0.625. The molecule has 0 aliphatic rings. The van der Waals surface area contributed by atoms with Crippen LogP contribution in [0.2, 0.25) is 0 Å². The normalized spacial score (nSPS) is 10.1. The fourth-order valence-electron chi connectivity index (χ4n) is 1.57. The molecule has 0 unspecified atom stereocenters. The van der Waals surface area contributed by atoms with Gasteiger partial charge in [0.1, 0.15) is 11.5 Å². The van der Waals surface area contributed by atoms with Gasteiger partial charge in [0, 0.05) is 24.2 Å². The van der Waals surface area contributed by atoms with Gasteiger partial charge in [-0.05, 0) is 30.2 Å². The fraction of sp³-hybridized carbons (Fsp3) is 0.0769. The summed E-state index contributed by atoms with van der Waals surface area (Å²) in [5, 5.41) is 0. The van der Waals surface area contributed by atoms with Crippen molar-refractivity contribution in [3.05, 3.63) is 54.2 Å². The average Bonchev–Trinajstić information content (AvgIpc) is 2.31. The number of nitrogens with zero attached hydrogens (tertiary/aromatic N) is 2. The third kappa shape index (κ3) is 1.72. The van der Waals surface area contributed by atoms with Crippen LogP contribution in [0, 0.1) is 12.7 Å². The highest BCUT2D eigenvalue weighted by Crippen LogP contribution is 2.25. The van der Waals surface area contributed by atoms with Crippen molar-refractivity contribution in [3.8, 4) is 11.3 Å². The van der Waals surface area contributed by atoms with E-state index in [0.29, 0.717) is 11.3 Å². The number of hydrogen-bond donors (Lipinski definition) is 0. The largest absolute Gasteiger partial charge is 0.263 e. The minimum Gasteiger partial charge on any atom is -0.263 e. The molecule has 0 spiro atoms.